The predicted molar refractivity (Wildman–Crippen MR) is 231 cm³/mol. The summed E-state index contributed by atoms with van der Waals surface area (Å²) in [6.07, 6.45) is 3.41. The number of methoxy groups -OCH3 is 1. The van der Waals surface area contributed by atoms with Crippen molar-refractivity contribution in [3.63, 3.8) is 0 Å². The highest BCUT2D eigenvalue weighted by Gasteiger charge is 2.36. The molecule has 1 saturated heterocycles. The first-order valence-corrected chi connectivity index (χ1v) is 18.8. The largest absolute Gasteiger partial charge is 0.464 e. The number of fused-ring (bicyclic) bond motifs is 6. The van der Waals surface area contributed by atoms with Gasteiger partial charge in [0.25, 0.3) is 5.91 Å². The molecule has 3 atom stereocenters. The maximum absolute atomic E-state index is 14.0. The molecule has 3 amide bonds. The third kappa shape index (κ3) is 9.98. The molecular formula is C38H55N7O6S4. The number of aliphatic hydroxyl groups excluding tert-OH is 1. The molecule has 0 saturated carbocycles. The molecule has 5 heterocycles. The maximum Gasteiger partial charge on any atom is 0.324 e. The molecule has 3 N–H and O–H groups in total. The van der Waals surface area contributed by atoms with Gasteiger partial charge in [-0.25, -0.2) is 15.2 Å². The Bertz CT molecular complexity index is 1950. The standard InChI is InChI=1S/C38H49N7O6S.3H2S/c1-7-44-31-13-12-24-18-26(31)27(34(44)25-10-8-14-39-33(25)23(2)50-6)20-38(3,4)22-51-36(48)28-11-9-15-45(42-28)35(47)29(19-32-40-30(24)21-52-32)41-37(49)43(5)16-17-46;;;/h8,10,12-14,18,21,23,28-29,42,46H,7,9,11,15-17,19-20,22H2,1-6H3,(H,41,49);3*1H2/t23-,28-,29-;;;/m0.../s1. The number of hydrogen-bond donors (Lipinski definition) is 3. The number of urea groups is 1. The molecule has 1 aromatic carbocycles. The lowest BCUT2D eigenvalue weighted by atomic mass is 9.84. The van der Waals surface area contributed by atoms with Crippen LogP contribution in [0.3, 0.4) is 0 Å². The minimum Gasteiger partial charge on any atom is -0.464 e. The fraction of sp³-hybridized carbons (Fsp3) is 0.500. The smallest absolute Gasteiger partial charge is 0.324 e. The van der Waals surface area contributed by atoms with Crippen LogP contribution in [0.1, 0.15) is 62.9 Å². The summed E-state index contributed by atoms with van der Waals surface area (Å²) >= 11 is 1.43. The van der Waals surface area contributed by atoms with Gasteiger partial charge in [0, 0.05) is 79.2 Å². The Morgan fingerprint density at radius 3 is 2.71 bits per heavy atom. The van der Waals surface area contributed by atoms with Crippen LogP contribution in [0.5, 0.6) is 0 Å². The highest BCUT2D eigenvalue weighted by atomic mass is 32.1. The van der Waals surface area contributed by atoms with E-state index in [1.165, 1.54) is 21.2 Å². The van der Waals surface area contributed by atoms with Gasteiger partial charge >= 0.3 is 12.0 Å². The average molecular weight is 834 g/mol. The summed E-state index contributed by atoms with van der Waals surface area (Å²) in [7, 11) is 3.24. The zero-order chi connectivity index (χ0) is 37.2. The number of nitrogens with zero attached hydrogens (tertiary/aromatic N) is 5. The number of benzene rings is 1. The van der Waals surface area contributed by atoms with Crippen LogP contribution < -0.4 is 10.7 Å². The molecule has 0 radical (unpaired) electrons. The Morgan fingerprint density at radius 2 is 2.00 bits per heavy atom. The lowest BCUT2D eigenvalue weighted by molar-refractivity contribution is -0.155. The van der Waals surface area contributed by atoms with Gasteiger partial charge in [0.2, 0.25) is 0 Å². The van der Waals surface area contributed by atoms with Crippen molar-refractivity contribution in [1.29, 1.82) is 0 Å². The van der Waals surface area contributed by atoms with E-state index in [2.05, 4.69) is 60.3 Å². The number of rotatable bonds is 7. The van der Waals surface area contributed by atoms with Gasteiger partial charge in [-0.1, -0.05) is 19.9 Å². The maximum atomic E-state index is 14.0. The van der Waals surface area contributed by atoms with E-state index in [1.807, 2.05) is 18.4 Å². The van der Waals surface area contributed by atoms with Crippen molar-refractivity contribution in [1.82, 2.24) is 35.2 Å². The number of carbonyl (C=O) groups excluding carboxylic acids is 3. The third-order valence-electron chi connectivity index (χ3n) is 9.92. The van der Waals surface area contributed by atoms with E-state index in [1.54, 1.807) is 20.4 Å². The minimum atomic E-state index is -0.967. The third-order valence-corrected chi connectivity index (χ3v) is 10.8. The first kappa shape index (κ1) is 46.1. The van der Waals surface area contributed by atoms with E-state index in [4.69, 9.17) is 19.4 Å². The summed E-state index contributed by atoms with van der Waals surface area (Å²) in [6.45, 7) is 9.48. The molecule has 55 heavy (non-hydrogen) atoms. The summed E-state index contributed by atoms with van der Waals surface area (Å²) in [5.74, 6) is -0.806. The number of ether oxygens (including phenoxy) is 2. The van der Waals surface area contributed by atoms with E-state index in [0.717, 1.165) is 51.2 Å². The lowest BCUT2D eigenvalue weighted by Crippen LogP contribution is -2.61. The number of hydrazine groups is 1. The number of aryl methyl sites for hydroxylation is 1. The fourth-order valence-electron chi connectivity index (χ4n) is 7.07. The first-order chi connectivity index (χ1) is 24.9. The van der Waals surface area contributed by atoms with Gasteiger partial charge in [-0.05, 0) is 62.9 Å². The number of amides is 3. The van der Waals surface area contributed by atoms with Gasteiger partial charge in [-0.2, -0.15) is 40.5 Å². The van der Waals surface area contributed by atoms with E-state index >= 15 is 0 Å². The monoisotopic (exact) mass is 833 g/mol. The number of hydrogen-bond acceptors (Lipinski definition) is 10. The van der Waals surface area contributed by atoms with Crippen LogP contribution in [0.15, 0.2) is 41.9 Å². The van der Waals surface area contributed by atoms with E-state index in [0.29, 0.717) is 30.8 Å². The first-order valence-electron chi connectivity index (χ1n) is 17.9. The van der Waals surface area contributed by atoms with Crippen LogP contribution in [0, 0.1) is 5.41 Å². The summed E-state index contributed by atoms with van der Waals surface area (Å²) < 4.78 is 14.1. The summed E-state index contributed by atoms with van der Waals surface area (Å²) in [6, 6.07) is 8.24. The van der Waals surface area contributed by atoms with Crippen LogP contribution >= 0.6 is 51.8 Å². The van der Waals surface area contributed by atoms with E-state index in [9.17, 15) is 19.5 Å². The minimum absolute atomic E-state index is 0. The molecule has 17 heteroatoms. The molecule has 0 unspecified atom stereocenters. The van der Waals surface area contributed by atoms with Crippen LogP contribution in [0.25, 0.3) is 33.4 Å². The second kappa shape index (κ2) is 19.7. The van der Waals surface area contributed by atoms with Crippen molar-refractivity contribution in [2.24, 2.45) is 5.41 Å². The van der Waals surface area contributed by atoms with Gasteiger partial charge in [-0.3, -0.25) is 19.6 Å². The molecule has 302 valence electrons. The van der Waals surface area contributed by atoms with Gasteiger partial charge in [0.05, 0.1) is 41.4 Å². The van der Waals surface area contributed by atoms with Crippen LogP contribution in [-0.4, -0.2) is 100 Å². The molecule has 0 aliphatic carbocycles. The number of thiazole rings is 1. The van der Waals surface area contributed by atoms with Crippen molar-refractivity contribution in [3.8, 4) is 22.5 Å². The molecule has 2 aliphatic rings. The van der Waals surface area contributed by atoms with Crippen LogP contribution in [-0.2, 0) is 38.4 Å². The van der Waals surface area contributed by atoms with Crippen molar-refractivity contribution < 1.29 is 29.0 Å². The second-order valence-electron chi connectivity index (χ2n) is 14.4. The van der Waals surface area contributed by atoms with Crippen molar-refractivity contribution in [2.45, 2.75) is 78.1 Å². The quantitative estimate of drug-likeness (QED) is 0.217. The molecule has 6 bridgehead atoms. The van der Waals surface area contributed by atoms with E-state index < -0.39 is 29.5 Å². The summed E-state index contributed by atoms with van der Waals surface area (Å²) in [5, 5.41) is 17.4. The Labute approximate surface area is 347 Å². The lowest BCUT2D eigenvalue weighted by Gasteiger charge is -2.35. The zero-order valence-electron chi connectivity index (χ0n) is 32.3. The van der Waals surface area contributed by atoms with Gasteiger partial charge in [0.15, 0.2) is 0 Å². The number of likely N-dealkylation sites (N-methyl/N-ethyl adjacent to an activating group) is 1. The number of carbonyl (C=O) groups is 3. The van der Waals surface area contributed by atoms with Gasteiger partial charge < -0.3 is 29.4 Å². The Balaban J connectivity index is 0.00000271. The highest BCUT2D eigenvalue weighted by molar-refractivity contribution is 7.59. The fourth-order valence-corrected chi connectivity index (χ4v) is 7.93. The van der Waals surface area contributed by atoms with Gasteiger partial charge in [-0.15, -0.1) is 11.3 Å². The molecule has 1 fully saturated rings. The normalized spacial score (nSPS) is 18.9. The number of nitrogens with one attached hydrogen (secondary N) is 2. The predicted octanol–water partition coefficient (Wildman–Crippen LogP) is 5.06. The number of esters is 1. The second-order valence-corrected chi connectivity index (χ2v) is 15.3. The number of pyridine rings is 1. The Kier molecular flexibility index (Phi) is 16.5. The molecule has 0 spiro atoms. The van der Waals surface area contributed by atoms with Gasteiger partial charge in [0.1, 0.15) is 12.1 Å². The van der Waals surface area contributed by atoms with Crippen molar-refractivity contribution in [2.75, 3.05) is 40.5 Å². The Hall–Kier alpha value is -3.32. The molecule has 3 aromatic heterocycles. The molecule has 13 nitrogen and oxygen atoms in total. The number of cyclic esters (lactones) is 1. The summed E-state index contributed by atoms with van der Waals surface area (Å²) in [4.78, 5) is 51.7. The number of aromatic nitrogens is 3. The van der Waals surface area contributed by atoms with Crippen molar-refractivity contribution >= 4 is 80.6 Å². The SMILES string of the molecule is CCn1c(-c2cccnc2[C@H](C)OC)c2c3cc(ccc31)-c1csc(n1)C[C@H](NC(=O)N(C)CCO)C(=O)N1CCC[C@H](N1)C(=O)OCC(C)(C)C2.S.S.S. The average Bonchev–Trinajstić information content (AvgIpc) is 3.74. The molecular weight excluding hydrogens is 779 g/mol. The number of aliphatic hydroxyl groups is 1. The zero-order valence-corrected chi connectivity index (χ0v) is 36.1. The topological polar surface area (TPSA) is 151 Å². The molecule has 4 aromatic rings. The molecule has 2 aliphatic heterocycles. The Morgan fingerprint density at radius 1 is 1.24 bits per heavy atom. The van der Waals surface area contributed by atoms with Crippen molar-refractivity contribution in [3.05, 3.63) is 58.2 Å². The highest BCUT2D eigenvalue weighted by Crippen LogP contribution is 2.42. The molecule has 6 rings (SSSR count). The van der Waals surface area contributed by atoms with Crippen LogP contribution in [0.2, 0.25) is 0 Å². The van der Waals surface area contributed by atoms with Crippen LogP contribution in [0.4, 0.5) is 4.79 Å². The van der Waals surface area contributed by atoms with E-state index in [-0.39, 0.29) is 78.7 Å². The summed E-state index contributed by atoms with van der Waals surface area (Å²) in [5.41, 5.74) is 9.41.